The summed E-state index contributed by atoms with van der Waals surface area (Å²) in [4.78, 5) is 14.7. The van der Waals surface area contributed by atoms with E-state index in [1.54, 1.807) is 0 Å². The van der Waals surface area contributed by atoms with Gasteiger partial charge >= 0.3 is 0 Å². The van der Waals surface area contributed by atoms with Crippen LogP contribution in [0.2, 0.25) is 0 Å². The smallest absolute Gasteiger partial charge is 0.260 e. The van der Waals surface area contributed by atoms with E-state index in [9.17, 15) is 4.79 Å². The molecule has 1 aromatic carbocycles. The van der Waals surface area contributed by atoms with Gasteiger partial charge in [-0.15, -0.1) is 0 Å². The Morgan fingerprint density at radius 2 is 1.75 bits per heavy atom. The van der Waals surface area contributed by atoms with Gasteiger partial charge in [0.25, 0.3) is 5.91 Å². The van der Waals surface area contributed by atoms with Crippen molar-refractivity contribution in [2.45, 2.75) is 53.0 Å². The molecule has 4 nitrogen and oxygen atoms in total. The van der Waals surface area contributed by atoms with Gasteiger partial charge in [-0.05, 0) is 61.3 Å². The van der Waals surface area contributed by atoms with Crippen molar-refractivity contribution in [2.75, 3.05) is 19.8 Å². The highest BCUT2D eigenvalue weighted by molar-refractivity contribution is 5.78. The van der Waals surface area contributed by atoms with Crippen LogP contribution in [0.5, 0.6) is 11.5 Å². The van der Waals surface area contributed by atoms with Crippen molar-refractivity contribution in [3.05, 3.63) is 24.3 Å². The van der Waals surface area contributed by atoms with Gasteiger partial charge in [-0.2, -0.15) is 0 Å². The predicted octanol–water partition coefficient (Wildman–Crippen LogP) is 3.89. The van der Waals surface area contributed by atoms with E-state index in [-0.39, 0.29) is 17.9 Å². The van der Waals surface area contributed by atoms with Crippen LogP contribution in [0.1, 0.15) is 47.0 Å². The number of likely N-dealkylation sites (tertiary alicyclic amines) is 1. The van der Waals surface area contributed by atoms with Crippen molar-refractivity contribution in [2.24, 2.45) is 10.8 Å². The summed E-state index contributed by atoms with van der Waals surface area (Å²) in [6.45, 7) is 10.5. The highest BCUT2D eigenvalue weighted by atomic mass is 16.5. The number of nitrogens with zero attached hydrogens (tertiary/aromatic N) is 1. The molecule has 24 heavy (non-hydrogen) atoms. The zero-order valence-corrected chi connectivity index (χ0v) is 15.3. The van der Waals surface area contributed by atoms with Crippen LogP contribution in [0, 0.1) is 10.8 Å². The first kappa shape index (κ1) is 17.1. The maximum atomic E-state index is 12.7. The maximum absolute atomic E-state index is 12.7. The number of amides is 1. The van der Waals surface area contributed by atoms with Crippen LogP contribution >= 0.6 is 0 Å². The third kappa shape index (κ3) is 3.68. The summed E-state index contributed by atoms with van der Waals surface area (Å²) in [6, 6.07) is 7.82. The SMILES string of the molecule is CCOc1ccc(OCC(=O)N2CC3(C)CC2CC(C)(C)C3)cc1. The molecule has 2 fully saturated rings. The number of rotatable bonds is 5. The molecular formula is C20H29NO3. The van der Waals surface area contributed by atoms with E-state index in [1.807, 2.05) is 31.2 Å². The van der Waals surface area contributed by atoms with Crippen LogP contribution in [-0.4, -0.2) is 36.6 Å². The summed E-state index contributed by atoms with van der Waals surface area (Å²) in [5.41, 5.74) is 0.587. The third-order valence-corrected chi connectivity index (χ3v) is 5.23. The molecule has 2 aliphatic rings. The summed E-state index contributed by atoms with van der Waals surface area (Å²) in [7, 11) is 0. The highest BCUT2D eigenvalue weighted by Crippen LogP contribution is 2.52. The van der Waals surface area contributed by atoms with Crippen LogP contribution in [0.4, 0.5) is 0 Å². The van der Waals surface area contributed by atoms with Crippen molar-refractivity contribution in [3.8, 4) is 11.5 Å². The van der Waals surface area contributed by atoms with Gasteiger partial charge in [0.2, 0.25) is 0 Å². The van der Waals surface area contributed by atoms with Crippen molar-refractivity contribution in [3.63, 3.8) is 0 Å². The second kappa shape index (κ2) is 6.30. The second-order valence-corrected chi connectivity index (χ2v) is 8.43. The van der Waals surface area contributed by atoms with E-state index in [2.05, 4.69) is 25.7 Å². The lowest BCUT2D eigenvalue weighted by Crippen LogP contribution is -2.40. The fourth-order valence-electron chi connectivity index (χ4n) is 4.78. The molecule has 1 aromatic rings. The van der Waals surface area contributed by atoms with Gasteiger partial charge in [0, 0.05) is 12.6 Å². The van der Waals surface area contributed by atoms with Crippen LogP contribution < -0.4 is 9.47 Å². The molecule has 2 bridgehead atoms. The van der Waals surface area contributed by atoms with Crippen LogP contribution in [0.25, 0.3) is 0 Å². The average molecular weight is 331 g/mol. The Bertz CT molecular complexity index is 595. The first-order valence-electron chi connectivity index (χ1n) is 8.95. The molecule has 2 atom stereocenters. The lowest BCUT2D eigenvalue weighted by Gasteiger charge is -2.39. The fourth-order valence-corrected chi connectivity index (χ4v) is 4.78. The van der Waals surface area contributed by atoms with E-state index in [4.69, 9.17) is 9.47 Å². The number of carbonyl (C=O) groups is 1. The molecule has 1 heterocycles. The lowest BCUT2D eigenvalue weighted by molar-refractivity contribution is -0.134. The standard InChI is InChI=1S/C20H29NO3/c1-5-23-16-6-8-17(9-7-16)24-12-18(22)21-14-20(4)11-15(21)10-19(2,3)13-20/h6-9,15H,5,10-14H2,1-4H3. The summed E-state index contributed by atoms with van der Waals surface area (Å²) in [5, 5.41) is 0. The monoisotopic (exact) mass is 331 g/mol. The van der Waals surface area contributed by atoms with Gasteiger partial charge in [0.1, 0.15) is 11.5 Å². The normalized spacial score (nSPS) is 27.8. The quantitative estimate of drug-likeness (QED) is 0.821. The zero-order chi connectivity index (χ0) is 17.4. The molecular weight excluding hydrogens is 302 g/mol. The molecule has 1 aliphatic heterocycles. The minimum atomic E-state index is 0.107. The molecule has 1 amide bonds. The molecule has 0 radical (unpaired) electrons. The minimum absolute atomic E-state index is 0.107. The molecule has 1 aliphatic carbocycles. The maximum Gasteiger partial charge on any atom is 0.260 e. The average Bonchev–Trinajstić information content (AvgIpc) is 2.75. The summed E-state index contributed by atoms with van der Waals surface area (Å²) in [6.07, 6.45) is 3.42. The van der Waals surface area contributed by atoms with Gasteiger partial charge in [-0.25, -0.2) is 0 Å². The summed E-state index contributed by atoms with van der Waals surface area (Å²) in [5.74, 6) is 1.63. The van der Waals surface area contributed by atoms with Gasteiger partial charge < -0.3 is 14.4 Å². The Morgan fingerprint density at radius 3 is 2.38 bits per heavy atom. The molecule has 2 unspecified atom stereocenters. The predicted molar refractivity (Wildman–Crippen MR) is 94.3 cm³/mol. The van der Waals surface area contributed by atoms with Gasteiger partial charge in [-0.1, -0.05) is 20.8 Å². The molecule has 1 saturated heterocycles. The number of fused-ring (bicyclic) bond motifs is 2. The van der Waals surface area contributed by atoms with Gasteiger partial charge in [0.05, 0.1) is 6.61 Å². The number of ether oxygens (including phenoxy) is 2. The van der Waals surface area contributed by atoms with E-state index in [1.165, 1.54) is 6.42 Å². The molecule has 0 aromatic heterocycles. The Hall–Kier alpha value is -1.71. The van der Waals surface area contributed by atoms with E-state index < -0.39 is 0 Å². The number of benzene rings is 1. The minimum Gasteiger partial charge on any atom is -0.494 e. The first-order chi connectivity index (χ1) is 11.3. The van der Waals surface area contributed by atoms with E-state index in [0.29, 0.717) is 23.8 Å². The molecule has 1 saturated carbocycles. The Kier molecular flexibility index (Phi) is 4.50. The Balaban J connectivity index is 1.58. The molecule has 4 heteroatoms. The van der Waals surface area contributed by atoms with Crippen molar-refractivity contribution in [1.29, 1.82) is 0 Å². The third-order valence-electron chi connectivity index (χ3n) is 5.23. The fraction of sp³-hybridized carbons (Fsp3) is 0.650. The largest absolute Gasteiger partial charge is 0.494 e. The lowest BCUT2D eigenvalue weighted by atomic mass is 9.65. The summed E-state index contributed by atoms with van der Waals surface area (Å²) < 4.78 is 11.1. The van der Waals surface area contributed by atoms with Crippen LogP contribution in [0.15, 0.2) is 24.3 Å². The Morgan fingerprint density at radius 1 is 1.12 bits per heavy atom. The molecule has 0 N–H and O–H groups in total. The topological polar surface area (TPSA) is 38.8 Å². The van der Waals surface area contributed by atoms with Crippen molar-refractivity contribution >= 4 is 5.91 Å². The molecule has 132 valence electrons. The molecule has 3 rings (SSSR count). The number of hydrogen-bond donors (Lipinski definition) is 0. The number of hydrogen-bond acceptors (Lipinski definition) is 3. The summed E-state index contributed by atoms with van der Waals surface area (Å²) >= 11 is 0. The van der Waals surface area contributed by atoms with E-state index in [0.717, 1.165) is 25.1 Å². The Labute approximate surface area is 145 Å². The van der Waals surface area contributed by atoms with Gasteiger partial charge in [-0.3, -0.25) is 4.79 Å². The zero-order valence-electron chi connectivity index (χ0n) is 15.3. The van der Waals surface area contributed by atoms with Crippen LogP contribution in [-0.2, 0) is 4.79 Å². The molecule has 0 spiro atoms. The number of carbonyl (C=O) groups excluding carboxylic acids is 1. The second-order valence-electron chi connectivity index (χ2n) is 8.43. The van der Waals surface area contributed by atoms with Crippen LogP contribution in [0.3, 0.4) is 0 Å². The van der Waals surface area contributed by atoms with Crippen molar-refractivity contribution < 1.29 is 14.3 Å². The van der Waals surface area contributed by atoms with E-state index >= 15 is 0 Å². The highest BCUT2D eigenvalue weighted by Gasteiger charge is 2.50. The van der Waals surface area contributed by atoms with Crippen molar-refractivity contribution in [1.82, 2.24) is 4.90 Å². The van der Waals surface area contributed by atoms with Gasteiger partial charge in [0.15, 0.2) is 6.61 Å². The first-order valence-corrected chi connectivity index (χ1v) is 8.95.